The number of rotatable bonds is 9. The number of nitrogens with one attached hydrogen (secondary N) is 1. The Morgan fingerprint density at radius 3 is 2.35 bits per heavy atom. The van der Waals surface area contributed by atoms with E-state index in [1.165, 1.54) is 17.7 Å². The molecule has 0 aliphatic heterocycles. The molecule has 0 aliphatic carbocycles. The van der Waals surface area contributed by atoms with Gasteiger partial charge in [-0.1, -0.05) is 36.4 Å². The molecule has 0 spiro atoms. The van der Waals surface area contributed by atoms with Crippen LogP contribution in [0.1, 0.15) is 36.2 Å². The molecule has 26 heavy (non-hydrogen) atoms. The summed E-state index contributed by atoms with van der Waals surface area (Å²) in [6, 6.07) is 16.2. The van der Waals surface area contributed by atoms with Crippen LogP contribution in [0.4, 0.5) is 0 Å². The Balaban J connectivity index is 2.00. The van der Waals surface area contributed by atoms with Crippen LogP contribution < -0.4 is 4.72 Å². The monoisotopic (exact) mass is 374 g/mol. The van der Waals surface area contributed by atoms with E-state index < -0.39 is 10.0 Å². The molecule has 0 bridgehead atoms. The van der Waals surface area contributed by atoms with Gasteiger partial charge in [-0.05, 0) is 50.5 Å². The number of carbonyl (C=O) groups is 1. The first-order valence-corrected chi connectivity index (χ1v) is 10.4. The Kier molecular flexibility index (Phi) is 7.36. The number of sulfonamides is 1. The van der Waals surface area contributed by atoms with Gasteiger partial charge in [-0.2, -0.15) is 0 Å². The molecule has 0 atom stereocenters. The fraction of sp³-hybridized carbons (Fsp3) is 0.350. The number of aryl methyl sites for hydroxylation is 1. The number of hydrogen-bond donors (Lipinski definition) is 1. The topological polar surface area (TPSA) is 66.5 Å². The molecule has 140 valence electrons. The molecular weight excluding hydrogens is 348 g/mol. The average Bonchev–Trinajstić information content (AvgIpc) is 2.67. The standard InChI is InChI=1S/C20H26N2O3S/c1-3-22(4-2)20(23)18-13-8-14-19(16-18)26(24,25)21-15-9-12-17-10-6-5-7-11-17/h5-8,10-11,13-14,16,21H,3-4,9,12,15H2,1-2H3. The second-order valence-corrected chi connectivity index (χ2v) is 7.76. The molecule has 1 N–H and O–H groups in total. The summed E-state index contributed by atoms with van der Waals surface area (Å²) in [6.45, 7) is 5.33. The molecule has 0 heterocycles. The van der Waals surface area contributed by atoms with Crippen LogP contribution in [0.5, 0.6) is 0 Å². The molecule has 0 unspecified atom stereocenters. The van der Waals surface area contributed by atoms with E-state index in [0.29, 0.717) is 31.6 Å². The number of amides is 1. The van der Waals surface area contributed by atoms with E-state index in [0.717, 1.165) is 6.42 Å². The number of benzene rings is 2. The first kappa shape index (κ1) is 20.1. The molecule has 2 aromatic rings. The number of hydrogen-bond acceptors (Lipinski definition) is 3. The summed E-state index contributed by atoms with van der Waals surface area (Å²) in [7, 11) is -3.63. The normalized spacial score (nSPS) is 11.3. The van der Waals surface area contributed by atoms with Gasteiger partial charge in [0.05, 0.1) is 4.90 Å². The fourth-order valence-corrected chi connectivity index (χ4v) is 3.84. The van der Waals surface area contributed by atoms with E-state index >= 15 is 0 Å². The SMILES string of the molecule is CCN(CC)C(=O)c1cccc(S(=O)(=O)NCCCc2ccccc2)c1. The predicted octanol–water partition coefficient (Wildman–Crippen LogP) is 3.08. The van der Waals surface area contributed by atoms with Crippen molar-refractivity contribution in [2.24, 2.45) is 0 Å². The average molecular weight is 375 g/mol. The third-order valence-electron chi connectivity index (χ3n) is 4.22. The van der Waals surface area contributed by atoms with E-state index in [1.807, 2.05) is 44.2 Å². The van der Waals surface area contributed by atoms with Crippen molar-refractivity contribution in [1.29, 1.82) is 0 Å². The molecule has 5 nitrogen and oxygen atoms in total. The lowest BCUT2D eigenvalue weighted by Crippen LogP contribution is -2.31. The lowest BCUT2D eigenvalue weighted by molar-refractivity contribution is 0.0772. The summed E-state index contributed by atoms with van der Waals surface area (Å²) < 4.78 is 27.6. The van der Waals surface area contributed by atoms with Crippen molar-refractivity contribution in [3.8, 4) is 0 Å². The van der Waals surface area contributed by atoms with E-state index in [1.54, 1.807) is 17.0 Å². The Bertz CT molecular complexity index is 816. The molecule has 2 rings (SSSR count). The van der Waals surface area contributed by atoms with Gasteiger partial charge in [-0.15, -0.1) is 0 Å². The largest absolute Gasteiger partial charge is 0.339 e. The molecule has 2 aromatic carbocycles. The zero-order valence-corrected chi connectivity index (χ0v) is 16.1. The molecule has 0 saturated carbocycles. The molecule has 6 heteroatoms. The molecule has 1 amide bonds. The van der Waals surface area contributed by atoms with Gasteiger partial charge in [0.1, 0.15) is 0 Å². The molecule has 0 aromatic heterocycles. The minimum Gasteiger partial charge on any atom is -0.339 e. The fourth-order valence-electron chi connectivity index (χ4n) is 2.72. The Morgan fingerprint density at radius 1 is 1.00 bits per heavy atom. The summed E-state index contributed by atoms with van der Waals surface area (Å²) >= 11 is 0. The zero-order valence-electron chi connectivity index (χ0n) is 15.3. The second kappa shape index (κ2) is 9.50. The Morgan fingerprint density at radius 2 is 1.69 bits per heavy atom. The van der Waals surface area contributed by atoms with Gasteiger partial charge in [0.2, 0.25) is 10.0 Å². The highest BCUT2D eigenvalue weighted by Crippen LogP contribution is 2.14. The van der Waals surface area contributed by atoms with E-state index in [-0.39, 0.29) is 10.8 Å². The van der Waals surface area contributed by atoms with Crippen LogP contribution in [0.25, 0.3) is 0 Å². The minimum absolute atomic E-state index is 0.121. The zero-order chi connectivity index (χ0) is 19.0. The lowest BCUT2D eigenvalue weighted by atomic mass is 10.1. The molecule has 0 fully saturated rings. The van der Waals surface area contributed by atoms with E-state index in [4.69, 9.17) is 0 Å². The maximum absolute atomic E-state index is 12.5. The lowest BCUT2D eigenvalue weighted by Gasteiger charge is -2.19. The molecular formula is C20H26N2O3S. The summed E-state index contributed by atoms with van der Waals surface area (Å²) in [5.74, 6) is -0.156. The third-order valence-corrected chi connectivity index (χ3v) is 5.68. The highest BCUT2D eigenvalue weighted by molar-refractivity contribution is 7.89. The van der Waals surface area contributed by atoms with Crippen LogP contribution >= 0.6 is 0 Å². The maximum atomic E-state index is 12.5. The first-order valence-electron chi connectivity index (χ1n) is 8.91. The van der Waals surface area contributed by atoms with Crippen molar-refractivity contribution < 1.29 is 13.2 Å². The van der Waals surface area contributed by atoms with Crippen LogP contribution in [0.15, 0.2) is 59.5 Å². The van der Waals surface area contributed by atoms with Gasteiger partial charge < -0.3 is 4.90 Å². The van der Waals surface area contributed by atoms with Crippen LogP contribution in [0, 0.1) is 0 Å². The van der Waals surface area contributed by atoms with Crippen molar-refractivity contribution in [1.82, 2.24) is 9.62 Å². The number of nitrogens with zero attached hydrogens (tertiary/aromatic N) is 1. The molecule has 0 saturated heterocycles. The van der Waals surface area contributed by atoms with E-state index in [2.05, 4.69) is 4.72 Å². The summed E-state index contributed by atoms with van der Waals surface area (Å²) in [4.78, 5) is 14.2. The highest BCUT2D eigenvalue weighted by atomic mass is 32.2. The summed E-state index contributed by atoms with van der Waals surface area (Å²) in [5, 5.41) is 0. The van der Waals surface area contributed by atoms with Crippen molar-refractivity contribution in [3.63, 3.8) is 0 Å². The number of carbonyl (C=O) groups excluding carboxylic acids is 1. The smallest absolute Gasteiger partial charge is 0.253 e. The predicted molar refractivity (Wildman–Crippen MR) is 104 cm³/mol. The van der Waals surface area contributed by atoms with Crippen molar-refractivity contribution in [3.05, 3.63) is 65.7 Å². The van der Waals surface area contributed by atoms with Crippen molar-refractivity contribution >= 4 is 15.9 Å². The van der Waals surface area contributed by atoms with Crippen LogP contribution in [-0.4, -0.2) is 38.9 Å². The van der Waals surface area contributed by atoms with Crippen molar-refractivity contribution in [2.45, 2.75) is 31.6 Å². The van der Waals surface area contributed by atoms with Crippen LogP contribution in [0.3, 0.4) is 0 Å². The van der Waals surface area contributed by atoms with E-state index in [9.17, 15) is 13.2 Å². The quantitative estimate of drug-likeness (QED) is 0.686. The van der Waals surface area contributed by atoms with Gasteiger partial charge >= 0.3 is 0 Å². The van der Waals surface area contributed by atoms with Crippen LogP contribution in [-0.2, 0) is 16.4 Å². The maximum Gasteiger partial charge on any atom is 0.253 e. The van der Waals surface area contributed by atoms with Gasteiger partial charge in [-0.3, -0.25) is 4.79 Å². The van der Waals surface area contributed by atoms with Crippen molar-refractivity contribution in [2.75, 3.05) is 19.6 Å². The third kappa shape index (κ3) is 5.41. The Labute approximate surface area is 156 Å². The summed E-state index contributed by atoms with van der Waals surface area (Å²) in [6.07, 6.45) is 1.52. The summed E-state index contributed by atoms with van der Waals surface area (Å²) in [5.41, 5.74) is 1.57. The second-order valence-electron chi connectivity index (χ2n) is 5.99. The molecule has 0 radical (unpaired) electrons. The highest BCUT2D eigenvalue weighted by Gasteiger charge is 2.18. The molecule has 0 aliphatic rings. The first-order chi connectivity index (χ1) is 12.5. The van der Waals surface area contributed by atoms with Gasteiger partial charge in [-0.25, -0.2) is 13.1 Å². The van der Waals surface area contributed by atoms with Gasteiger partial charge in [0.25, 0.3) is 5.91 Å². The minimum atomic E-state index is -3.63. The van der Waals surface area contributed by atoms with Crippen LogP contribution in [0.2, 0.25) is 0 Å². The van der Waals surface area contributed by atoms with Gasteiger partial charge in [0.15, 0.2) is 0 Å². The van der Waals surface area contributed by atoms with Gasteiger partial charge in [0, 0.05) is 25.2 Å². The Hall–Kier alpha value is -2.18.